The average Bonchev–Trinajstić information content (AvgIpc) is 2.48. The summed E-state index contributed by atoms with van der Waals surface area (Å²) in [7, 11) is 1.71. The van der Waals surface area contributed by atoms with Crippen molar-refractivity contribution < 1.29 is 4.74 Å². The maximum Gasteiger partial charge on any atom is 0.0713 e. The average molecular weight is 178 g/mol. The molecule has 70 valence electrons. The van der Waals surface area contributed by atoms with Crippen molar-refractivity contribution in [3.63, 3.8) is 0 Å². The molecule has 13 heavy (non-hydrogen) atoms. The lowest BCUT2D eigenvalue weighted by atomic mass is 10.1. The van der Waals surface area contributed by atoms with E-state index in [1.165, 1.54) is 11.1 Å². The van der Waals surface area contributed by atoms with Crippen molar-refractivity contribution in [2.45, 2.75) is 13.0 Å². The summed E-state index contributed by atoms with van der Waals surface area (Å²) in [6.07, 6.45) is 1.05. The third kappa shape index (κ3) is 1.53. The number of benzene rings is 1. The van der Waals surface area contributed by atoms with Crippen LogP contribution in [0.3, 0.4) is 0 Å². The molecule has 0 atom stereocenters. The van der Waals surface area contributed by atoms with Crippen molar-refractivity contribution in [2.75, 3.05) is 18.7 Å². The van der Waals surface area contributed by atoms with E-state index in [0.29, 0.717) is 6.61 Å². The zero-order chi connectivity index (χ0) is 9.26. The van der Waals surface area contributed by atoms with Crippen LogP contribution in [-0.4, -0.2) is 13.7 Å². The van der Waals surface area contributed by atoms with Crippen LogP contribution < -0.4 is 10.9 Å². The predicted molar refractivity (Wildman–Crippen MR) is 52.4 cm³/mol. The van der Waals surface area contributed by atoms with Crippen molar-refractivity contribution in [3.8, 4) is 0 Å². The van der Waals surface area contributed by atoms with Crippen molar-refractivity contribution >= 4 is 5.69 Å². The molecule has 0 unspecified atom stereocenters. The van der Waals surface area contributed by atoms with Crippen LogP contribution in [0.5, 0.6) is 0 Å². The SMILES string of the molecule is COCc1ccc2c(c1)CCN2N. The van der Waals surface area contributed by atoms with Crippen LogP contribution in [0.2, 0.25) is 0 Å². The van der Waals surface area contributed by atoms with E-state index < -0.39 is 0 Å². The molecule has 0 saturated carbocycles. The molecule has 0 spiro atoms. The standard InChI is InChI=1S/C10H14N2O/c1-13-7-8-2-3-10-9(6-8)4-5-12(10)11/h2-3,6H,4-5,7,11H2,1H3. The second-order valence-electron chi connectivity index (χ2n) is 3.34. The first-order chi connectivity index (χ1) is 6.31. The first-order valence-corrected chi connectivity index (χ1v) is 4.44. The Morgan fingerprint density at radius 2 is 2.38 bits per heavy atom. The molecule has 0 fully saturated rings. The minimum absolute atomic E-state index is 0.678. The van der Waals surface area contributed by atoms with Gasteiger partial charge in [0.25, 0.3) is 0 Å². The van der Waals surface area contributed by atoms with Crippen LogP contribution in [0.1, 0.15) is 11.1 Å². The normalized spacial score (nSPS) is 14.8. The summed E-state index contributed by atoms with van der Waals surface area (Å²) in [5.41, 5.74) is 3.70. The van der Waals surface area contributed by atoms with Crippen molar-refractivity contribution in [2.24, 2.45) is 5.84 Å². The van der Waals surface area contributed by atoms with Crippen LogP contribution in [0.15, 0.2) is 18.2 Å². The fourth-order valence-corrected chi connectivity index (χ4v) is 1.74. The van der Waals surface area contributed by atoms with Gasteiger partial charge in [-0.25, -0.2) is 5.84 Å². The smallest absolute Gasteiger partial charge is 0.0713 e. The van der Waals surface area contributed by atoms with Crippen molar-refractivity contribution in [1.29, 1.82) is 0 Å². The summed E-state index contributed by atoms with van der Waals surface area (Å²) in [6, 6.07) is 6.30. The predicted octanol–water partition coefficient (Wildman–Crippen LogP) is 1.07. The van der Waals surface area contributed by atoms with E-state index in [1.54, 1.807) is 12.1 Å². The van der Waals surface area contributed by atoms with Gasteiger partial charge in [-0.15, -0.1) is 0 Å². The van der Waals surface area contributed by atoms with Crippen LogP contribution in [0, 0.1) is 0 Å². The van der Waals surface area contributed by atoms with E-state index in [-0.39, 0.29) is 0 Å². The Morgan fingerprint density at radius 3 is 3.15 bits per heavy atom. The van der Waals surface area contributed by atoms with E-state index in [1.807, 2.05) is 0 Å². The fraction of sp³-hybridized carbons (Fsp3) is 0.400. The van der Waals surface area contributed by atoms with Gasteiger partial charge in [0, 0.05) is 13.7 Å². The quantitative estimate of drug-likeness (QED) is 0.688. The number of hydrogen-bond acceptors (Lipinski definition) is 3. The number of hydrazine groups is 1. The molecule has 0 aliphatic carbocycles. The molecule has 0 bridgehead atoms. The lowest BCUT2D eigenvalue weighted by Crippen LogP contribution is -2.27. The Labute approximate surface area is 78.1 Å². The van der Waals surface area contributed by atoms with Gasteiger partial charge < -0.3 is 9.75 Å². The number of anilines is 1. The van der Waals surface area contributed by atoms with Crippen LogP contribution in [-0.2, 0) is 17.8 Å². The minimum Gasteiger partial charge on any atom is -0.380 e. The van der Waals surface area contributed by atoms with Crippen LogP contribution >= 0.6 is 0 Å². The van der Waals surface area contributed by atoms with Gasteiger partial charge in [-0.3, -0.25) is 0 Å². The highest BCUT2D eigenvalue weighted by atomic mass is 16.5. The minimum atomic E-state index is 0.678. The van der Waals surface area contributed by atoms with Gasteiger partial charge >= 0.3 is 0 Å². The molecule has 3 nitrogen and oxygen atoms in total. The third-order valence-electron chi connectivity index (χ3n) is 2.39. The Hall–Kier alpha value is -1.06. The van der Waals surface area contributed by atoms with E-state index >= 15 is 0 Å². The molecule has 0 radical (unpaired) electrons. The van der Waals surface area contributed by atoms with Crippen LogP contribution in [0.4, 0.5) is 5.69 Å². The molecular formula is C10H14N2O. The molecule has 1 aromatic carbocycles. The second kappa shape index (κ2) is 3.36. The second-order valence-corrected chi connectivity index (χ2v) is 3.34. The molecule has 0 aromatic heterocycles. The maximum absolute atomic E-state index is 5.77. The number of rotatable bonds is 2. The number of ether oxygens (including phenoxy) is 1. The molecule has 0 saturated heterocycles. The Bertz CT molecular complexity index is 312. The van der Waals surface area contributed by atoms with Gasteiger partial charge in [-0.05, 0) is 23.6 Å². The summed E-state index contributed by atoms with van der Waals surface area (Å²) in [5, 5.41) is 1.80. The number of nitrogens with zero attached hydrogens (tertiary/aromatic N) is 1. The van der Waals surface area contributed by atoms with Gasteiger partial charge in [0.2, 0.25) is 0 Å². The molecule has 0 amide bonds. The van der Waals surface area contributed by atoms with Gasteiger partial charge in [0.15, 0.2) is 0 Å². The summed E-state index contributed by atoms with van der Waals surface area (Å²) in [4.78, 5) is 0. The zero-order valence-corrected chi connectivity index (χ0v) is 7.79. The summed E-state index contributed by atoms with van der Waals surface area (Å²) < 4.78 is 5.07. The summed E-state index contributed by atoms with van der Waals surface area (Å²) >= 11 is 0. The highest BCUT2D eigenvalue weighted by molar-refractivity contribution is 5.57. The van der Waals surface area contributed by atoms with Crippen LogP contribution in [0.25, 0.3) is 0 Å². The van der Waals surface area contributed by atoms with Gasteiger partial charge in [0.05, 0.1) is 12.3 Å². The number of nitrogens with two attached hydrogens (primary N) is 1. The zero-order valence-electron chi connectivity index (χ0n) is 7.79. The summed E-state index contributed by atoms with van der Waals surface area (Å²) in [5.74, 6) is 5.77. The first-order valence-electron chi connectivity index (χ1n) is 4.44. The van der Waals surface area contributed by atoms with E-state index in [2.05, 4.69) is 18.2 Å². The molecule has 1 heterocycles. The Morgan fingerprint density at radius 1 is 1.54 bits per heavy atom. The number of hydrogen-bond donors (Lipinski definition) is 1. The Balaban J connectivity index is 2.29. The lowest BCUT2D eigenvalue weighted by Gasteiger charge is -2.11. The largest absolute Gasteiger partial charge is 0.380 e. The van der Waals surface area contributed by atoms with Gasteiger partial charge in [0.1, 0.15) is 0 Å². The maximum atomic E-state index is 5.77. The number of methoxy groups -OCH3 is 1. The van der Waals surface area contributed by atoms with Gasteiger partial charge in [-0.2, -0.15) is 0 Å². The molecule has 2 N–H and O–H groups in total. The van der Waals surface area contributed by atoms with Crippen molar-refractivity contribution in [1.82, 2.24) is 0 Å². The van der Waals surface area contributed by atoms with Gasteiger partial charge in [-0.1, -0.05) is 12.1 Å². The van der Waals surface area contributed by atoms with Crippen molar-refractivity contribution in [3.05, 3.63) is 29.3 Å². The highest BCUT2D eigenvalue weighted by Gasteiger charge is 2.15. The van der Waals surface area contributed by atoms with E-state index in [0.717, 1.165) is 18.7 Å². The topological polar surface area (TPSA) is 38.5 Å². The monoisotopic (exact) mass is 178 g/mol. The molecule has 2 rings (SSSR count). The highest BCUT2D eigenvalue weighted by Crippen LogP contribution is 2.26. The van der Waals surface area contributed by atoms with E-state index in [9.17, 15) is 0 Å². The fourth-order valence-electron chi connectivity index (χ4n) is 1.74. The summed E-state index contributed by atoms with van der Waals surface area (Å²) in [6.45, 7) is 1.60. The molecule has 1 aliphatic heterocycles. The first kappa shape index (κ1) is 8.53. The number of fused-ring (bicyclic) bond motifs is 1. The molecule has 3 heteroatoms. The Kier molecular flexibility index (Phi) is 2.20. The molecule has 1 aliphatic rings. The lowest BCUT2D eigenvalue weighted by molar-refractivity contribution is 0.185. The van der Waals surface area contributed by atoms with E-state index in [4.69, 9.17) is 10.6 Å². The molecular weight excluding hydrogens is 164 g/mol. The molecule has 1 aromatic rings. The third-order valence-corrected chi connectivity index (χ3v) is 2.39.